The lowest BCUT2D eigenvalue weighted by Crippen LogP contribution is -2.32. The van der Waals surface area contributed by atoms with Crippen LogP contribution in [-0.4, -0.2) is 21.8 Å². The molecular formula is C15H19FO3. The lowest BCUT2D eigenvalue weighted by Gasteiger charge is -2.26. The first kappa shape index (κ1) is 14.0. The van der Waals surface area contributed by atoms with E-state index >= 15 is 0 Å². The highest BCUT2D eigenvalue weighted by molar-refractivity contribution is 5.70. The zero-order chi connectivity index (χ0) is 13.9. The Bertz CT molecular complexity index is 452. The molecule has 1 aliphatic rings. The lowest BCUT2D eigenvalue weighted by molar-refractivity contribution is -0.144. The van der Waals surface area contributed by atoms with E-state index in [2.05, 4.69) is 0 Å². The Labute approximate surface area is 112 Å². The molecule has 1 unspecified atom stereocenters. The number of aliphatic carboxylic acids is 1. The topological polar surface area (TPSA) is 57.5 Å². The second-order valence-corrected chi connectivity index (χ2v) is 5.50. The predicted octanol–water partition coefficient (Wildman–Crippen LogP) is 2.76. The van der Waals surface area contributed by atoms with Gasteiger partial charge >= 0.3 is 5.97 Å². The molecule has 0 spiro atoms. The third kappa shape index (κ3) is 3.77. The summed E-state index contributed by atoms with van der Waals surface area (Å²) in [6.07, 6.45) is 3.74. The number of carboxylic acid groups (broad SMARTS) is 1. The van der Waals surface area contributed by atoms with Crippen molar-refractivity contribution in [2.24, 2.45) is 5.92 Å². The minimum Gasteiger partial charge on any atom is -0.481 e. The summed E-state index contributed by atoms with van der Waals surface area (Å²) in [5, 5.41) is 19.6. The van der Waals surface area contributed by atoms with Gasteiger partial charge in [0.2, 0.25) is 0 Å². The van der Waals surface area contributed by atoms with Crippen molar-refractivity contribution in [1.82, 2.24) is 0 Å². The fourth-order valence-electron chi connectivity index (χ4n) is 2.89. The van der Waals surface area contributed by atoms with Crippen molar-refractivity contribution in [1.29, 1.82) is 0 Å². The Morgan fingerprint density at radius 3 is 2.63 bits per heavy atom. The van der Waals surface area contributed by atoms with Gasteiger partial charge in [-0.1, -0.05) is 25.0 Å². The summed E-state index contributed by atoms with van der Waals surface area (Å²) >= 11 is 0. The first-order valence-electron chi connectivity index (χ1n) is 6.68. The van der Waals surface area contributed by atoms with Crippen LogP contribution >= 0.6 is 0 Å². The summed E-state index contributed by atoms with van der Waals surface area (Å²) in [6, 6.07) is 5.99. The summed E-state index contributed by atoms with van der Waals surface area (Å²) in [4.78, 5) is 11.3. The highest BCUT2D eigenvalue weighted by Crippen LogP contribution is 2.35. The van der Waals surface area contributed by atoms with Crippen LogP contribution in [0.1, 0.15) is 37.7 Å². The molecular weight excluding hydrogens is 247 g/mol. The van der Waals surface area contributed by atoms with Crippen LogP contribution in [0.15, 0.2) is 24.3 Å². The van der Waals surface area contributed by atoms with Gasteiger partial charge in [-0.05, 0) is 43.4 Å². The van der Waals surface area contributed by atoms with E-state index in [0.717, 1.165) is 12.8 Å². The van der Waals surface area contributed by atoms with Crippen molar-refractivity contribution in [2.45, 2.75) is 44.1 Å². The molecule has 2 rings (SSSR count). The van der Waals surface area contributed by atoms with Crippen LogP contribution in [0.25, 0.3) is 0 Å². The van der Waals surface area contributed by atoms with Gasteiger partial charge in [-0.3, -0.25) is 4.79 Å². The predicted molar refractivity (Wildman–Crippen MR) is 69.3 cm³/mol. The van der Waals surface area contributed by atoms with Crippen molar-refractivity contribution >= 4 is 5.97 Å². The molecule has 0 aromatic heterocycles. The molecule has 1 aliphatic carbocycles. The van der Waals surface area contributed by atoms with Crippen molar-refractivity contribution in [2.75, 3.05) is 0 Å². The zero-order valence-corrected chi connectivity index (χ0v) is 10.8. The van der Waals surface area contributed by atoms with Crippen LogP contribution in [0, 0.1) is 11.7 Å². The average Bonchev–Trinajstić information content (AvgIpc) is 2.75. The van der Waals surface area contributed by atoms with Crippen LogP contribution in [0.4, 0.5) is 4.39 Å². The quantitative estimate of drug-likeness (QED) is 0.861. The van der Waals surface area contributed by atoms with Crippen LogP contribution in [0.3, 0.4) is 0 Å². The summed E-state index contributed by atoms with van der Waals surface area (Å²) in [5.74, 6) is -1.95. The molecule has 0 saturated heterocycles. The fourth-order valence-corrected chi connectivity index (χ4v) is 2.89. The molecule has 4 heteroatoms. The molecule has 0 amide bonds. The van der Waals surface area contributed by atoms with Crippen molar-refractivity contribution in [3.8, 4) is 0 Å². The van der Waals surface area contributed by atoms with Gasteiger partial charge in [0, 0.05) is 0 Å². The monoisotopic (exact) mass is 266 g/mol. The largest absolute Gasteiger partial charge is 0.481 e. The number of rotatable bonds is 5. The minimum atomic E-state index is -0.926. The zero-order valence-electron chi connectivity index (χ0n) is 10.8. The summed E-state index contributed by atoms with van der Waals surface area (Å²) in [7, 11) is 0. The van der Waals surface area contributed by atoms with Gasteiger partial charge in [0.15, 0.2) is 0 Å². The van der Waals surface area contributed by atoms with Crippen molar-refractivity contribution < 1.29 is 19.4 Å². The van der Waals surface area contributed by atoms with Gasteiger partial charge in [0.05, 0.1) is 11.5 Å². The molecule has 0 radical (unpaired) electrons. The maximum Gasteiger partial charge on any atom is 0.306 e. The number of halogens is 1. The number of hydrogen-bond donors (Lipinski definition) is 2. The normalized spacial score (nSPS) is 19.3. The highest BCUT2D eigenvalue weighted by atomic mass is 19.1. The standard InChI is InChI=1S/C15H19FO3/c16-13-5-3-4-11(9-13)8-12(14(17)18)10-15(19)6-1-2-7-15/h3-5,9,12,19H,1-2,6-8,10H2,(H,17,18). The smallest absolute Gasteiger partial charge is 0.306 e. The lowest BCUT2D eigenvalue weighted by atomic mass is 9.85. The van der Waals surface area contributed by atoms with Crippen molar-refractivity contribution in [3.63, 3.8) is 0 Å². The molecule has 1 saturated carbocycles. The number of aliphatic hydroxyl groups is 1. The van der Waals surface area contributed by atoms with Gasteiger partial charge in [0.25, 0.3) is 0 Å². The SMILES string of the molecule is O=C(O)C(Cc1cccc(F)c1)CC1(O)CCCC1. The van der Waals surface area contributed by atoms with Gasteiger partial charge in [-0.2, -0.15) is 0 Å². The van der Waals surface area contributed by atoms with Gasteiger partial charge in [-0.25, -0.2) is 4.39 Å². The Balaban J connectivity index is 2.06. The number of carbonyl (C=O) groups is 1. The van der Waals surface area contributed by atoms with E-state index in [1.807, 2.05) is 0 Å². The maximum atomic E-state index is 13.1. The Morgan fingerprint density at radius 1 is 1.37 bits per heavy atom. The first-order valence-corrected chi connectivity index (χ1v) is 6.68. The highest BCUT2D eigenvalue weighted by Gasteiger charge is 2.36. The van der Waals surface area contributed by atoms with E-state index in [0.29, 0.717) is 18.4 Å². The van der Waals surface area contributed by atoms with Crippen LogP contribution < -0.4 is 0 Å². The maximum absolute atomic E-state index is 13.1. The third-order valence-corrected chi connectivity index (χ3v) is 3.88. The van der Waals surface area contributed by atoms with Crippen molar-refractivity contribution in [3.05, 3.63) is 35.6 Å². The molecule has 1 atom stereocenters. The second-order valence-electron chi connectivity index (χ2n) is 5.50. The van der Waals surface area contributed by atoms with Gasteiger partial charge in [0.1, 0.15) is 5.82 Å². The number of benzene rings is 1. The molecule has 1 fully saturated rings. The molecule has 104 valence electrons. The Morgan fingerprint density at radius 2 is 2.05 bits per heavy atom. The average molecular weight is 266 g/mol. The minimum absolute atomic E-state index is 0.249. The van der Waals surface area contributed by atoms with Crippen LogP contribution in [0.2, 0.25) is 0 Å². The molecule has 3 nitrogen and oxygen atoms in total. The molecule has 1 aromatic carbocycles. The summed E-state index contributed by atoms with van der Waals surface area (Å²) < 4.78 is 13.1. The second kappa shape index (κ2) is 5.70. The van der Waals surface area contributed by atoms with Crippen LogP contribution in [0.5, 0.6) is 0 Å². The van der Waals surface area contributed by atoms with Gasteiger partial charge in [-0.15, -0.1) is 0 Å². The van der Waals surface area contributed by atoms with E-state index in [1.54, 1.807) is 12.1 Å². The summed E-state index contributed by atoms with van der Waals surface area (Å²) in [6.45, 7) is 0. The van der Waals surface area contributed by atoms with Crippen LogP contribution in [-0.2, 0) is 11.2 Å². The molecule has 0 aliphatic heterocycles. The Kier molecular flexibility index (Phi) is 4.20. The van der Waals surface area contributed by atoms with E-state index < -0.39 is 17.5 Å². The summed E-state index contributed by atoms with van der Waals surface area (Å²) in [5.41, 5.74) is -0.190. The molecule has 0 bridgehead atoms. The van der Waals surface area contributed by atoms with Gasteiger partial charge < -0.3 is 10.2 Å². The third-order valence-electron chi connectivity index (χ3n) is 3.88. The van der Waals surface area contributed by atoms with E-state index in [4.69, 9.17) is 0 Å². The molecule has 2 N–H and O–H groups in total. The molecule has 1 aromatic rings. The first-order chi connectivity index (χ1) is 8.98. The number of carboxylic acids is 1. The number of hydrogen-bond acceptors (Lipinski definition) is 2. The molecule has 19 heavy (non-hydrogen) atoms. The Hall–Kier alpha value is -1.42. The molecule has 0 heterocycles. The van der Waals surface area contributed by atoms with E-state index in [9.17, 15) is 19.4 Å². The fraction of sp³-hybridized carbons (Fsp3) is 0.533. The van der Waals surface area contributed by atoms with E-state index in [1.165, 1.54) is 12.1 Å². The van der Waals surface area contributed by atoms with E-state index in [-0.39, 0.29) is 18.7 Å².